The molecule has 0 aliphatic rings. The highest BCUT2D eigenvalue weighted by Gasteiger charge is 2.20. The molecule has 0 fully saturated rings. The number of rotatable bonds is 4. The summed E-state index contributed by atoms with van der Waals surface area (Å²) in [5.74, 6) is -0.184. The fourth-order valence-corrected chi connectivity index (χ4v) is 3.05. The highest BCUT2D eigenvalue weighted by atomic mass is 79.9. The van der Waals surface area contributed by atoms with Gasteiger partial charge in [0.1, 0.15) is 16.3 Å². The minimum absolute atomic E-state index is 0.0728. The lowest BCUT2D eigenvalue weighted by Gasteiger charge is -2.07. The molecule has 0 aliphatic carbocycles. The van der Waals surface area contributed by atoms with Crippen LogP contribution < -0.4 is 9.92 Å². The summed E-state index contributed by atoms with van der Waals surface area (Å²) in [5.41, 5.74) is 4.94. The summed E-state index contributed by atoms with van der Waals surface area (Å²) in [7, 11) is -4.08. The molecule has 0 heterocycles. The van der Waals surface area contributed by atoms with Crippen LogP contribution in [-0.2, 0) is 10.1 Å². The number of nitro benzene ring substituents is 1. The van der Waals surface area contributed by atoms with Crippen molar-refractivity contribution in [3.8, 4) is 5.75 Å². The summed E-state index contributed by atoms with van der Waals surface area (Å²) in [5, 5.41) is 10.8. The largest absolute Gasteiger partial charge is 0.393 e. The van der Waals surface area contributed by atoms with Gasteiger partial charge in [0, 0.05) is 4.47 Å². The first kappa shape index (κ1) is 15.3. The molecule has 7 nitrogen and oxygen atoms in total. The number of halogens is 1. The molecule has 0 radical (unpaired) electrons. The molecule has 0 aliphatic heterocycles. The summed E-state index contributed by atoms with van der Waals surface area (Å²) in [6.07, 6.45) is 0. The van der Waals surface area contributed by atoms with Gasteiger partial charge in [0.15, 0.2) is 0 Å². The van der Waals surface area contributed by atoms with Crippen molar-refractivity contribution in [3.05, 3.63) is 57.1 Å². The molecule has 0 unspecified atom stereocenters. The summed E-state index contributed by atoms with van der Waals surface area (Å²) in [4.78, 5) is 9.98. The van der Waals surface area contributed by atoms with Gasteiger partial charge < -0.3 is 9.92 Å². The third kappa shape index (κ3) is 3.50. The normalized spacial score (nSPS) is 11.1. The van der Waals surface area contributed by atoms with Gasteiger partial charge in [-0.25, -0.2) is 0 Å². The summed E-state index contributed by atoms with van der Waals surface area (Å²) >= 11 is 3.15. The van der Waals surface area contributed by atoms with E-state index in [0.29, 0.717) is 4.47 Å². The highest BCUT2D eigenvalue weighted by Crippen LogP contribution is 2.28. The van der Waals surface area contributed by atoms with Crippen LogP contribution in [0.1, 0.15) is 0 Å². The predicted molar refractivity (Wildman–Crippen MR) is 79.5 cm³/mol. The SMILES string of the molecule is Nc1ccc(OS(=O)(=O)c2cccc(Br)c2)cc1[N+](=O)[O-]. The Labute approximate surface area is 128 Å². The van der Waals surface area contributed by atoms with E-state index in [1.165, 1.54) is 30.3 Å². The third-order valence-corrected chi connectivity index (χ3v) is 4.23. The predicted octanol–water partition coefficient (Wildman–Crippen LogP) is 2.71. The summed E-state index contributed by atoms with van der Waals surface area (Å²) in [6.45, 7) is 0. The zero-order chi connectivity index (χ0) is 15.6. The van der Waals surface area contributed by atoms with E-state index in [-0.39, 0.29) is 16.3 Å². The molecule has 110 valence electrons. The van der Waals surface area contributed by atoms with E-state index >= 15 is 0 Å². The van der Waals surface area contributed by atoms with Crippen LogP contribution in [-0.4, -0.2) is 13.3 Å². The Morgan fingerprint density at radius 3 is 2.52 bits per heavy atom. The topological polar surface area (TPSA) is 113 Å². The van der Waals surface area contributed by atoms with Gasteiger partial charge in [-0.3, -0.25) is 10.1 Å². The van der Waals surface area contributed by atoms with Crippen LogP contribution in [0.25, 0.3) is 0 Å². The van der Waals surface area contributed by atoms with Crippen molar-refractivity contribution in [3.63, 3.8) is 0 Å². The van der Waals surface area contributed by atoms with Gasteiger partial charge in [-0.2, -0.15) is 8.42 Å². The van der Waals surface area contributed by atoms with Crippen LogP contribution in [0.15, 0.2) is 51.8 Å². The van der Waals surface area contributed by atoms with Gasteiger partial charge in [0.05, 0.1) is 11.0 Å². The number of nitrogens with two attached hydrogens (primary N) is 1. The second-order valence-corrected chi connectivity index (χ2v) is 6.43. The van der Waals surface area contributed by atoms with E-state index in [1.807, 2.05) is 0 Å². The zero-order valence-electron chi connectivity index (χ0n) is 10.4. The van der Waals surface area contributed by atoms with Crippen molar-refractivity contribution in [1.29, 1.82) is 0 Å². The van der Waals surface area contributed by atoms with Crippen LogP contribution in [0.3, 0.4) is 0 Å². The first-order valence-corrected chi connectivity index (χ1v) is 7.74. The fraction of sp³-hybridized carbons (Fsp3) is 0. The Kier molecular flexibility index (Phi) is 4.14. The van der Waals surface area contributed by atoms with Crippen LogP contribution in [0.2, 0.25) is 0 Å². The minimum Gasteiger partial charge on any atom is -0.393 e. The lowest BCUT2D eigenvalue weighted by Crippen LogP contribution is -2.10. The van der Waals surface area contributed by atoms with Gasteiger partial charge in [-0.05, 0) is 30.3 Å². The second-order valence-electron chi connectivity index (χ2n) is 3.97. The molecule has 2 rings (SSSR count). The maximum atomic E-state index is 12.1. The molecule has 2 aromatic rings. The molecule has 0 spiro atoms. The molecule has 0 saturated heterocycles. The second kappa shape index (κ2) is 5.70. The number of benzene rings is 2. The summed E-state index contributed by atoms with van der Waals surface area (Å²) in [6, 6.07) is 9.33. The van der Waals surface area contributed by atoms with E-state index in [2.05, 4.69) is 15.9 Å². The average Bonchev–Trinajstić information content (AvgIpc) is 2.40. The Balaban J connectivity index is 2.37. The van der Waals surface area contributed by atoms with Crippen molar-refractivity contribution >= 4 is 37.4 Å². The van der Waals surface area contributed by atoms with E-state index < -0.39 is 20.7 Å². The van der Waals surface area contributed by atoms with Crippen LogP contribution >= 0.6 is 15.9 Å². The molecule has 0 bridgehead atoms. The van der Waals surface area contributed by atoms with Crippen molar-refractivity contribution < 1.29 is 17.5 Å². The van der Waals surface area contributed by atoms with E-state index in [1.54, 1.807) is 6.07 Å². The number of hydrogen-bond acceptors (Lipinski definition) is 6. The smallest absolute Gasteiger partial charge is 0.339 e. The van der Waals surface area contributed by atoms with Gasteiger partial charge >= 0.3 is 10.1 Å². The molecule has 9 heteroatoms. The molecule has 0 aromatic heterocycles. The highest BCUT2D eigenvalue weighted by molar-refractivity contribution is 9.10. The van der Waals surface area contributed by atoms with E-state index in [0.717, 1.165) is 6.07 Å². The van der Waals surface area contributed by atoms with Crippen molar-refractivity contribution in [1.82, 2.24) is 0 Å². The van der Waals surface area contributed by atoms with Gasteiger partial charge in [-0.15, -0.1) is 0 Å². The maximum absolute atomic E-state index is 12.1. The minimum atomic E-state index is -4.08. The molecule has 0 atom stereocenters. The number of nitro groups is 1. The van der Waals surface area contributed by atoms with E-state index in [9.17, 15) is 18.5 Å². The zero-order valence-corrected chi connectivity index (χ0v) is 12.8. The fourth-order valence-electron chi connectivity index (χ4n) is 1.53. The standard InChI is InChI=1S/C12H9BrN2O5S/c13-8-2-1-3-10(6-8)21(18,19)20-9-4-5-11(14)12(7-9)15(16)17/h1-7H,14H2. The quantitative estimate of drug-likeness (QED) is 0.382. The Morgan fingerprint density at radius 2 is 1.90 bits per heavy atom. The third-order valence-electron chi connectivity index (χ3n) is 2.49. The van der Waals surface area contributed by atoms with Crippen molar-refractivity contribution in [2.45, 2.75) is 4.90 Å². The monoisotopic (exact) mass is 372 g/mol. The Bertz CT molecular complexity index is 807. The molecule has 21 heavy (non-hydrogen) atoms. The lowest BCUT2D eigenvalue weighted by molar-refractivity contribution is -0.383. The summed E-state index contributed by atoms with van der Waals surface area (Å²) < 4.78 is 29.6. The van der Waals surface area contributed by atoms with Gasteiger partial charge in [0.2, 0.25) is 0 Å². The first-order valence-electron chi connectivity index (χ1n) is 5.53. The average molecular weight is 373 g/mol. The lowest BCUT2D eigenvalue weighted by atomic mass is 10.2. The van der Waals surface area contributed by atoms with Gasteiger partial charge in [-0.1, -0.05) is 22.0 Å². The maximum Gasteiger partial charge on any atom is 0.339 e. The van der Waals surface area contributed by atoms with Crippen molar-refractivity contribution in [2.75, 3.05) is 5.73 Å². The Hall–Kier alpha value is -2.13. The number of nitrogens with zero attached hydrogens (tertiary/aromatic N) is 1. The molecule has 2 aromatic carbocycles. The molecule has 0 amide bonds. The van der Waals surface area contributed by atoms with Crippen LogP contribution in [0, 0.1) is 10.1 Å². The number of anilines is 1. The molecule has 2 N–H and O–H groups in total. The first-order chi connectivity index (χ1) is 9.79. The molecular formula is C12H9BrN2O5S. The van der Waals surface area contributed by atoms with E-state index in [4.69, 9.17) is 9.92 Å². The molecular weight excluding hydrogens is 364 g/mol. The van der Waals surface area contributed by atoms with Crippen LogP contribution in [0.4, 0.5) is 11.4 Å². The number of nitrogen functional groups attached to an aromatic ring is 1. The van der Waals surface area contributed by atoms with Crippen molar-refractivity contribution in [2.24, 2.45) is 0 Å². The Morgan fingerprint density at radius 1 is 1.19 bits per heavy atom. The molecule has 0 saturated carbocycles. The van der Waals surface area contributed by atoms with Gasteiger partial charge in [0.25, 0.3) is 5.69 Å². The number of hydrogen-bond donors (Lipinski definition) is 1. The van der Waals surface area contributed by atoms with Crippen LogP contribution in [0.5, 0.6) is 5.75 Å².